The number of hydrogen-bond acceptors (Lipinski definition) is 3. The van der Waals surface area contributed by atoms with E-state index in [4.69, 9.17) is 0 Å². The standard InChI is InChI=1S/C14H21N3O/c1-3-14(7-5-9-16-14)13(18)17-11(2)12-6-4-8-15-10-12/h4,6,8,10-11,16H,3,5,7,9H2,1-2H3,(H,17,18)/t11-,14?/m1/s1. The molecule has 0 aliphatic carbocycles. The summed E-state index contributed by atoms with van der Waals surface area (Å²) in [4.78, 5) is 16.5. The third-order valence-corrected chi connectivity index (χ3v) is 3.81. The van der Waals surface area contributed by atoms with Crippen molar-refractivity contribution in [2.24, 2.45) is 0 Å². The fourth-order valence-corrected chi connectivity index (χ4v) is 2.51. The van der Waals surface area contributed by atoms with Crippen molar-refractivity contribution < 1.29 is 4.79 Å². The van der Waals surface area contributed by atoms with E-state index in [1.165, 1.54) is 0 Å². The Balaban J connectivity index is 2.03. The molecule has 98 valence electrons. The van der Waals surface area contributed by atoms with Gasteiger partial charge >= 0.3 is 0 Å². The highest BCUT2D eigenvalue weighted by molar-refractivity contribution is 5.87. The first-order valence-corrected chi connectivity index (χ1v) is 6.64. The predicted octanol–water partition coefficient (Wildman–Crippen LogP) is 1.79. The summed E-state index contributed by atoms with van der Waals surface area (Å²) in [5.74, 6) is 0.110. The molecule has 0 spiro atoms. The number of amides is 1. The highest BCUT2D eigenvalue weighted by Crippen LogP contribution is 2.24. The molecule has 1 aromatic heterocycles. The number of carbonyl (C=O) groups is 1. The summed E-state index contributed by atoms with van der Waals surface area (Å²) in [5, 5.41) is 6.44. The third kappa shape index (κ3) is 2.53. The van der Waals surface area contributed by atoms with Crippen LogP contribution in [0.15, 0.2) is 24.5 Å². The summed E-state index contributed by atoms with van der Waals surface area (Å²) < 4.78 is 0. The molecule has 2 atom stereocenters. The van der Waals surface area contributed by atoms with E-state index in [1.807, 2.05) is 19.1 Å². The summed E-state index contributed by atoms with van der Waals surface area (Å²) in [6.07, 6.45) is 6.37. The lowest BCUT2D eigenvalue weighted by molar-refractivity contribution is -0.128. The Morgan fingerprint density at radius 2 is 2.50 bits per heavy atom. The average Bonchev–Trinajstić information content (AvgIpc) is 2.89. The lowest BCUT2D eigenvalue weighted by atomic mass is 9.92. The number of carbonyl (C=O) groups excluding carboxylic acids is 1. The van der Waals surface area contributed by atoms with Crippen molar-refractivity contribution in [1.29, 1.82) is 0 Å². The Morgan fingerprint density at radius 3 is 3.06 bits per heavy atom. The Morgan fingerprint density at radius 1 is 1.67 bits per heavy atom. The number of rotatable bonds is 4. The molecular weight excluding hydrogens is 226 g/mol. The monoisotopic (exact) mass is 247 g/mol. The number of hydrogen-bond donors (Lipinski definition) is 2. The summed E-state index contributed by atoms with van der Waals surface area (Å²) in [5.41, 5.74) is 0.673. The zero-order valence-corrected chi connectivity index (χ0v) is 11.1. The Kier molecular flexibility index (Phi) is 3.97. The fraction of sp³-hybridized carbons (Fsp3) is 0.571. The lowest BCUT2D eigenvalue weighted by Gasteiger charge is -2.28. The number of nitrogens with zero attached hydrogens (tertiary/aromatic N) is 1. The van der Waals surface area contributed by atoms with Crippen LogP contribution in [0.25, 0.3) is 0 Å². The van der Waals surface area contributed by atoms with Crippen LogP contribution < -0.4 is 10.6 Å². The van der Waals surface area contributed by atoms with Crippen molar-refractivity contribution in [1.82, 2.24) is 15.6 Å². The van der Waals surface area contributed by atoms with Gasteiger partial charge in [0.1, 0.15) is 0 Å². The van der Waals surface area contributed by atoms with Crippen molar-refractivity contribution in [3.05, 3.63) is 30.1 Å². The highest BCUT2D eigenvalue weighted by atomic mass is 16.2. The van der Waals surface area contributed by atoms with Crippen LogP contribution in [0.1, 0.15) is 44.7 Å². The molecule has 1 unspecified atom stereocenters. The Bertz CT molecular complexity index is 399. The minimum Gasteiger partial charge on any atom is -0.348 e. The minimum atomic E-state index is -0.365. The molecule has 1 aliphatic heterocycles. The predicted molar refractivity (Wildman–Crippen MR) is 71.1 cm³/mol. The van der Waals surface area contributed by atoms with Gasteiger partial charge in [-0.15, -0.1) is 0 Å². The Labute approximate surface area is 108 Å². The van der Waals surface area contributed by atoms with Crippen LogP contribution in [0.4, 0.5) is 0 Å². The van der Waals surface area contributed by atoms with E-state index in [0.717, 1.165) is 31.4 Å². The van der Waals surface area contributed by atoms with Crippen LogP contribution in [0.5, 0.6) is 0 Å². The van der Waals surface area contributed by atoms with Gasteiger partial charge in [0.15, 0.2) is 0 Å². The third-order valence-electron chi connectivity index (χ3n) is 3.81. The van der Waals surface area contributed by atoms with Crippen LogP contribution in [0, 0.1) is 0 Å². The summed E-state index contributed by atoms with van der Waals surface area (Å²) in [6, 6.07) is 3.87. The van der Waals surface area contributed by atoms with Gasteiger partial charge in [0.2, 0.25) is 5.91 Å². The molecule has 0 saturated carbocycles. The Hall–Kier alpha value is -1.42. The van der Waals surface area contributed by atoms with E-state index in [1.54, 1.807) is 12.4 Å². The van der Waals surface area contributed by atoms with Gasteiger partial charge in [0.05, 0.1) is 11.6 Å². The molecule has 4 heteroatoms. The van der Waals surface area contributed by atoms with Crippen LogP contribution in [0.2, 0.25) is 0 Å². The molecule has 1 aromatic rings. The second-order valence-corrected chi connectivity index (χ2v) is 4.95. The molecular formula is C14H21N3O. The van der Waals surface area contributed by atoms with E-state index in [2.05, 4.69) is 22.5 Å². The summed E-state index contributed by atoms with van der Waals surface area (Å²) in [7, 11) is 0. The second-order valence-electron chi connectivity index (χ2n) is 4.95. The molecule has 2 rings (SSSR count). The summed E-state index contributed by atoms with van der Waals surface area (Å²) >= 11 is 0. The molecule has 1 aliphatic rings. The number of aromatic nitrogens is 1. The van der Waals surface area contributed by atoms with E-state index >= 15 is 0 Å². The molecule has 1 amide bonds. The molecule has 0 radical (unpaired) electrons. The van der Waals surface area contributed by atoms with Gasteiger partial charge in [-0.2, -0.15) is 0 Å². The van der Waals surface area contributed by atoms with Gasteiger partial charge in [-0.25, -0.2) is 0 Å². The zero-order chi connectivity index (χ0) is 13.0. The van der Waals surface area contributed by atoms with Crippen molar-refractivity contribution >= 4 is 5.91 Å². The highest BCUT2D eigenvalue weighted by Gasteiger charge is 2.39. The maximum absolute atomic E-state index is 12.4. The van der Waals surface area contributed by atoms with Gasteiger partial charge in [0.25, 0.3) is 0 Å². The maximum Gasteiger partial charge on any atom is 0.240 e. The summed E-state index contributed by atoms with van der Waals surface area (Å²) in [6.45, 7) is 4.99. The van der Waals surface area contributed by atoms with Crippen molar-refractivity contribution in [3.63, 3.8) is 0 Å². The first kappa shape index (κ1) is 13.0. The van der Waals surface area contributed by atoms with E-state index in [0.29, 0.717) is 0 Å². The van der Waals surface area contributed by atoms with E-state index < -0.39 is 0 Å². The SMILES string of the molecule is CCC1(C(=O)N[C@H](C)c2cccnc2)CCCN1. The zero-order valence-electron chi connectivity index (χ0n) is 11.1. The first-order chi connectivity index (χ1) is 8.68. The van der Waals surface area contributed by atoms with Crippen LogP contribution in [0.3, 0.4) is 0 Å². The largest absolute Gasteiger partial charge is 0.348 e. The van der Waals surface area contributed by atoms with Crippen LogP contribution in [-0.4, -0.2) is 23.0 Å². The molecule has 18 heavy (non-hydrogen) atoms. The molecule has 1 fully saturated rings. The van der Waals surface area contributed by atoms with Crippen LogP contribution in [-0.2, 0) is 4.79 Å². The van der Waals surface area contributed by atoms with E-state index in [9.17, 15) is 4.79 Å². The molecule has 4 nitrogen and oxygen atoms in total. The van der Waals surface area contributed by atoms with Crippen molar-refractivity contribution in [2.45, 2.75) is 44.7 Å². The van der Waals surface area contributed by atoms with Crippen molar-refractivity contribution in [3.8, 4) is 0 Å². The van der Waals surface area contributed by atoms with Gasteiger partial charge in [-0.3, -0.25) is 9.78 Å². The molecule has 1 saturated heterocycles. The maximum atomic E-state index is 12.4. The van der Waals surface area contributed by atoms with Crippen molar-refractivity contribution in [2.75, 3.05) is 6.54 Å². The topological polar surface area (TPSA) is 54.0 Å². The number of pyridine rings is 1. The molecule has 2 N–H and O–H groups in total. The minimum absolute atomic E-state index is 0.00275. The van der Waals surface area contributed by atoms with Gasteiger partial charge in [-0.1, -0.05) is 13.0 Å². The first-order valence-electron chi connectivity index (χ1n) is 6.64. The molecule has 2 heterocycles. The lowest BCUT2D eigenvalue weighted by Crippen LogP contribution is -2.53. The van der Waals surface area contributed by atoms with Crippen LogP contribution >= 0.6 is 0 Å². The smallest absolute Gasteiger partial charge is 0.240 e. The molecule has 0 aromatic carbocycles. The quantitative estimate of drug-likeness (QED) is 0.853. The van der Waals surface area contributed by atoms with Gasteiger partial charge in [0, 0.05) is 12.4 Å². The average molecular weight is 247 g/mol. The fourth-order valence-electron chi connectivity index (χ4n) is 2.51. The second kappa shape index (κ2) is 5.48. The van der Waals surface area contributed by atoms with Gasteiger partial charge < -0.3 is 10.6 Å². The van der Waals surface area contributed by atoms with E-state index in [-0.39, 0.29) is 17.5 Å². The number of nitrogens with one attached hydrogen (secondary N) is 2. The normalized spacial score (nSPS) is 24.8. The molecule has 0 bridgehead atoms. The van der Waals surface area contributed by atoms with Gasteiger partial charge in [-0.05, 0) is 44.4 Å².